The monoisotopic (exact) mass is 396 g/mol. The number of aromatic nitrogens is 4. The van der Waals surface area contributed by atoms with Crippen LogP contribution in [0, 0.1) is 5.82 Å². The van der Waals surface area contributed by atoms with Crippen LogP contribution in [0.3, 0.4) is 0 Å². The highest BCUT2D eigenvalue weighted by atomic mass is 19.1. The Morgan fingerprint density at radius 3 is 2.34 bits per heavy atom. The van der Waals surface area contributed by atoms with E-state index in [0.29, 0.717) is 43.3 Å². The third kappa shape index (κ3) is 3.75. The van der Waals surface area contributed by atoms with Crippen LogP contribution in [0.5, 0.6) is 5.75 Å². The molecule has 0 atom stereocenters. The number of nitrogens with zero attached hydrogens (tertiary/aromatic N) is 6. The standard InChI is InChI=1S/C20H21FN6O2/c1-25-13-24-16(11-17(25)28)26-7-9-27(10-8-26)20-18(21)19(22-12-23-20)14-3-5-15(29-2)6-4-14/h3-6,11-13H,7-10H2,1-2H3. The lowest BCUT2D eigenvalue weighted by atomic mass is 10.1. The third-order valence-electron chi connectivity index (χ3n) is 5.00. The minimum atomic E-state index is -0.446. The number of piperazine rings is 1. The molecule has 2 aromatic heterocycles. The molecule has 3 heterocycles. The number of aryl methyl sites for hydroxylation is 1. The van der Waals surface area contributed by atoms with Crippen LogP contribution in [-0.2, 0) is 7.05 Å². The summed E-state index contributed by atoms with van der Waals surface area (Å²) < 4.78 is 21.8. The van der Waals surface area contributed by atoms with Gasteiger partial charge < -0.3 is 19.1 Å². The molecule has 3 aromatic rings. The molecule has 0 bridgehead atoms. The average molecular weight is 396 g/mol. The molecule has 4 rings (SSSR count). The molecule has 0 N–H and O–H groups in total. The maximum absolute atomic E-state index is 15.2. The Kier molecular flexibility index (Phi) is 5.11. The molecule has 0 unspecified atom stereocenters. The molecule has 1 aromatic carbocycles. The van der Waals surface area contributed by atoms with Crippen molar-refractivity contribution in [3.8, 4) is 17.0 Å². The summed E-state index contributed by atoms with van der Waals surface area (Å²) in [4.78, 5) is 28.4. The van der Waals surface area contributed by atoms with Gasteiger partial charge in [0.25, 0.3) is 5.56 Å². The number of benzene rings is 1. The van der Waals surface area contributed by atoms with E-state index >= 15 is 4.39 Å². The van der Waals surface area contributed by atoms with Crippen molar-refractivity contribution in [3.63, 3.8) is 0 Å². The van der Waals surface area contributed by atoms with Crippen molar-refractivity contribution in [2.75, 3.05) is 43.1 Å². The first-order valence-corrected chi connectivity index (χ1v) is 9.24. The van der Waals surface area contributed by atoms with Crippen LogP contribution in [0.25, 0.3) is 11.3 Å². The van der Waals surface area contributed by atoms with Crippen molar-refractivity contribution in [2.24, 2.45) is 7.05 Å². The van der Waals surface area contributed by atoms with Crippen molar-refractivity contribution in [3.05, 3.63) is 59.2 Å². The maximum Gasteiger partial charge on any atom is 0.255 e. The summed E-state index contributed by atoms with van der Waals surface area (Å²) in [5, 5.41) is 0. The molecule has 0 aliphatic carbocycles. The van der Waals surface area contributed by atoms with Gasteiger partial charge in [-0.15, -0.1) is 0 Å². The number of methoxy groups -OCH3 is 1. The molecule has 9 heteroatoms. The van der Waals surface area contributed by atoms with E-state index in [1.807, 2.05) is 9.80 Å². The maximum atomic E-state index is 15.2. The summed E-state index contributed by atoms with van der Waals surface area (Å²) >= 11 is 0. The number of halogens is 1. The summed E-state index contributed by atoms with van der Waals surface area (Å²) in [5.41, 5.74) is 0.812. The first-order chi connectivity index (χ1) is 14.1. The molecule has 0 saturated carbocycles. The molecule has 29 heavy (non-hydrogen) atoms. The zero-order valence-electron chi connectivity index (χ0n) is 16.2. The molecular weight excluding hydrogens is 375 g/mol. The van der Waals surface area contributed by atoms with E-state index in [9.17, 15) is 4.79 Å². The van der Waals surface area contributed by atoms with Crippen LogP contribution in [-0.4, -0.2) is 52.8 Å². The Labute approximate surface area is 167 Å². The predicted molar refractivity (Wildman–Crippen MR) is 108 cm³/mol. The number of hydrogen-bond acceptors (Lipinski definition) is 7. The summed E-state index contributed by atoms with van der Waals surface area (Å²) in [5.74, 6) is 1.17. The van der Waals surface area contributed by atoms with Crippen molar-refractivity contribution < 1.29 is 9.13 Å². The lowest BCUT2D eigenvalue weighted by molar-refractivity contribution is 0.415. The van der Waals surface area contributed by atoms with Gasteiger partial charge in [-0.05, 0) is 24.3 Å². The van der Waals surface area contributed by atoms with Crippen molar-refractivity contribution in [2.45, 2.75) is 0 Å². The molecule has 8 nitrogen and oxygen atoms in total. The Morgan fingerprint density at radius 2 is 1.69 bits per heavy atom. The van der Waals surface area contributed by atoms with Gasteiger partial charge in [0.05, 0.1) is 13.4 Å². The fourth-order valence-electron chi connectivity index (χ4n) is 3.30. The van der Waals surface area contributed by atoms with Gasteiger partial charge >= 0.3 is 0 Å². The van der Waals surface area contributed by atoms with Gasteiger partial charge in [-0.1, -0.05) is 0 Å². The Hall–Kier alpha value is -3.49. The molecule has 0 radical (unpaired) electrons. The van der Waals surface area contributed by atoms with E-state index in [2.05, 4.69) is 15.0 Å². The summed E-state index contributed by atoms with van der Waals surface area (Å²) in [7, 11) is 3.25. The topological polar surface area (TPSA) is 76.4 Å². The van der Waals surface area contributed by atoms with Gasteiger partial charge in [-0.3, -0.25) is 4.79 Å². The first kappa shape index (κ1) is 18.9. The van der Waals surface area contributed by atoms with E-state index in [0.717, 1.165) is 0 Å². The van der Waals surface area contributed by atoms with E-state index < -0.39 is 5.82 Å². The van der Waals surface area contributed by atoms with Gasteiger partial charge in [0.1, 0.15) is 23.6 Å². The quantitative estimate of drug-likeness (QED) is 0.665. The smallest absolute Gasteiger partial charge is 0.255 e. The molecule has 1 fully saturated rings. The summed E-state index contributed by atoms with van der Waals surface area (Å²) in [6.07, 6.45) is 2.89. The third-order valence-corrected chi connectivity index (χ3v) is 5.00. The summed E-state index contributed by atoms with van der Waals surface area (Å²) in [6, 6.07) is 8.60. The fourth-order valence-corrected chi connectivity index (χ4v) is 3.30. The minimum Gasteiger partial charge on any atom is -0.497 e. The molecule has 0 spiro atoms. The summed E-state index contributed by atoms with van der Waals surface area (Å²) in [6.45, 7) is 2.35. The van der Waals surface area contributed by atoms with Gasteiger partial charge in [-0.2, -0.15) is 0 Å². The SMILES string of the molecule is COc1ccc(-c2ncnc(N3CCN(c4cc(=O)n(C)cn4)CC3)c2F)cc1. The second-order valence-electron chi connectivity index (χ2n) is 6.76. The van der Waals surface area contributed by atoms with Crippen LogP contribution in [0.15, 0.2) is 47.8 Å². The highest BCUT2D eigenvalue weighted by Crippen LogP contribution is 2.28. The lowest BCUT2D eigenvalue weighted by Crippen LogP contribution is -2.47. The minimum absolute atomic E-state index is 0.108. The van der Waals surface area contributed by atoms with Crippen molar-refractivity contribution >= 4 is 11.6 Å². The average Bonchev–Trinajstić information content (AvgIpc) is 2.76. The molecule has 1 saturated heterocycles. The Morgan fingerprint density at radius 1 is 1.00 bits per heavy atom. The second kappa shape index (κ2) is 7.86. The predicted octanol–water partition coefficient (Wildman–Crippen LogP) is 1.71. The Balaban J connectivity index is 1.52. The van der Waals surface area contributed by atoms with Gasteiger partial charge in [-0.25, -0.2) is 19.3 Å². The van der Waals surface area contributed by atoms with E-state index in [-0.39, 0.29) is 17.1 Å². The van der Waals surface area contributed by atoms with Crippen LogP contribution in [0.2, 0.25) is 0 Å². The molecule has 0 amide bonds. The van der Waals surface area contributed by atoms with Gasteiger partial charge in [0.15, 0.2) is 11.6 Å². The number of hydrogen-bond donors (Lipinski definition) is 0. The van der Waals surface area contributed by atoms with Crippen LogP contribution in [0.1, 0.15) is 0 Å². The van der Waals surface area contributed by atoms with E-state index in [1.54, 1.807) is 38.4 Å². The van der Waals surface area contributed by atoms with Crippen LogP contribution < -0.4 is 20.1 Å². The highest BCUT2D eigenvalue weighted by molar-refractivity contribution is 5.64. The van der Waals surface area contributed by atoms with Crippen LogP contribution >= 0.6 is 0 Å². The fraction of sp³-hybridized carbons (Fsp3) is 0.300. The largest absolute Gasteiger partial charge is 0.497 e. The van der Waals surface area contributed by atoms with Crippen molar-refractivity contribution in [1.29, 1.82) is 0 Å². The number of anilines is 2. The van der Waals surface area contributed by atoms with E-state index in [4.69, 9.17) is 4.74 Å². The van der Waals surface area contributed by atoms with Gasteiger partial charge in [0.2, 0.25) is 0 Å². The van der Waals surface area contributed by atoms with Gasteiger partial charge in [0, 0.05) is 44.9 Å². The number of rotatable bonds is 4. The molecule has 150 valence electrons. The number of ether oxygens (including phenoxy) is 1. The van der Waals surface area contributed by atoms with Crippen molar-refractivity contribution in [1.82, 2.24) is 19.5 Å². The van der Waals surface area contributed by atoms with E-state index in [1.165, 1.54) is 23.3 Å². The normalized spacial score (nSPS) is 14.2. The molecular formula is C20H21FN6O2. The highest BCUT2D eigenvalue weighted by Gasteiger charge is 2.24. The Bertz CT molecular complexity index is 1060. The lowest BCUT2D eigenvalue weighted by Gasteiger charge is -2.36. The first-order valence-electron chi connectivity index (χ1n) is 9.24. The zero-order chi connectivity index (χ0) is 20.4. The molecule has 1 aliphatic heterocycles. The zero-order valence-corrected chi connectivity index (χ0v) is 16.2. The molecule has 1 aliphatic rings. The second-order valence-corrected chi connectivity index (χ2v) is 6.76. The van der Waals surface area contributed by atoms with Crippen LogP contribution in [0.4, 0.5) is 16.0 Å².